The summed E-state index contributed by atoms with van der Waals surface area (Å²) in [6.07, 6.45) is 0. The van der Waals surface area contributed by atoms with E-state index in [1.54, 1.807) is 30.3 Å². The number of ketones is 1. The Kier molecular flexibility index (Phi) is 6.24. The van der Waals surface area contributed by atoms with Gasteiger partial charge in [0.15, 0.2) is 10.1 Å². The van der Waals surface area contributed by atoms with E-state index >= 15 is 0 Å². The van der Waals surface area contributed by atoms with Crippen molar-refractivity contribution in [1.29, 1.82) is 0 Å². The van der Waals surface area contributed by atoms with Gasteiger partial charge >= 0.3 is 0 Å². The summed E-state index contributed by atoms with van der Waals surface area (Å²) in [7, 11) is 0. The van der Waals surface area contributed by atoms with E-state index in [0.29, 0.717) is 15.5 Å². The van der Waals surface area contributed by atoms with Crippen molar-refractivity contribution in [3.8, 4) is 0 Å². The number of halogens is 1. The van der Waals surface area contributed by atoms with E-state index in [1.807, 2.05) is 0 Å². The number of nitro groups is 1. The third-order valence-electron chi connectivity index (χ3n) is 4.45. The number of anilines is 1. The second kappa shape index (κ2) is 9.25. The van der Waals surface area contributed by atoms with Crippen molar-refractivity contribution in [3.05, 3.63) is 93.8 Å². The van der Waals surface area contributed by atoms with Crippen LogP contribution >= 0.6 is 23.1 Å². The fraction of sp³-hybridized carbons (Fsp3) is 0.0455. The van der Waals surface area contributed by atoms with Crippen molar-refractivity contribution >= 4 is 56.4 Å². The van der Waals surface area contributed by atoms with Crippen molar-refractivity contribution < 1.29 is 18.9 Å². The zero-order valence-corrected chi connectivity index (χ0v) is 17.9. The topological polar surface area (TPSA) is 102 Å². The van der Waals surface area contributed by atoms with Gasteiger partial charge in [0.2, 0.25) is 0 Å². The first-order chi connectivity index (χ1) is 15.4. The summed E-state index contributed by atoms with van der Waals surface area (Å²) in [5.74, 6) is -1.31. The number of non-ortho nitro benzene ring substituents is 1. The van der Waals surface area contributed by atoms with E-state index in [4.69, 9.17) is 0 Å². The van der Waals surface area contributed by atoms with Gasteiger partial charge in [0.25, 0.3) is 11.6 Å². The second-order valence-electron chi connectivity index (χ2n) is 6.62. The van der Waals surface area contributed by atoms with Gasteiger partial charge in [0.1, 0.15) is 5.82 Å². The maximum Gasteiger partial charge on any atom is 0.270 e. The number of rotatable bonds is 7. The van der Waals surface area contributed by atoms with Crippen LogP contribution in [0.4, 0.5) is 15.8 Å². The maximum atomic E-state index is 13.8. The van der Waals surface area contributed by atoms with E-state index in [9.17, 15) is 24.1 Å². The van der Waals surface area contributed by atoms with Crippen LogP contribution in [0, 0.1) is 15.9 Å². The maximum absolute atomic E-state index is 13.8. The molecule has 160 valence electrons. The number of fused-ring (bicyclic) bond motifs is 1. The Labute approximate surface area is 189 Å². The number of hydrogen-bond donors (Lipinski definition) is 1. The molecule has 0 unspecified atom stereocenters. The molecule has 0 saturated heterocycles. The minimum atomic E-state index is -0.601. The molecule has 0 fully saturated rings. The molecule has 0 aliphatic heterocycles. The lowest BCUT2D eigenvalue weighted by Crippen LogP contribution is -2.13. The number of Topliss-reactive ketones (excluding diaryl/α,β-unsaturated/α-hetero) is 1. The van der Waals surface area contributed by atoms with Crippen molar-refractivity contribution in [3.63, 3.8) is 0 Å². The van der Waals surface area contributed by atoms with Gasteiger partial charge in [-0.15, -0.1) is 11.3 Å². The Hall–Kier alpha value is -3.63. The van der Waals surface area contributed by atoms with Crippen LogP contribution in [0.2, 0.25) is 0 Å². The number of amides is 1. The first-order valence-corrected chi connectivity index (χ1v) is 11.1. The van der Waals surface area contributed by atoms with Gasteiger partial charge in [-0.2, -0.15) is 0 Å². The van der Waals surface area contributed by atoms with Crippen molar-refractivity contribution in [2.75, 3.05) is 11.1 Å². The number of aromatic nitrogens is 1. The van der Waals surface area contributed by atoms with Crippen LogP contribution in [0.15, 0.2) is 71.1 Å². The lowest BCUT2D eigenvalue weighted by molar-refractivity contribution is -0.384. The molecule has 0 bridgehead atoms. The summed E-state index contributed by atoms with van der Waals surface area (Å²) in [5, 5.41) is 13.6. The highest BCUT2D eigenvalue weighted by atomic mass is 32.2. The van der Waals surface area contributed by atoms with E-state index in [2.05, 4.69) is 10.3 Å². The third-order valence-corrected chi connectivity index (χ3v) is 6.61. The summed E-state index contributed by atoms with van der Waals surface area (Å²) in [6, 6.07) is 16.5. The van der Waals surface area contributed by atoms with E-state index in [0.717, 1.165) is 4.70 Å². The molecule has 32 heavy (non-hydrogen) atoms. The van der Waals surface area contributed by atoms with Gasteiger partial charge in [0, 0.05) is 23.4 Å². The average molecular weight is 468 g/mol. The monoisotopic (exact) mass is 467 g/mol. The van der Waals surface area contributed by atoms with Gasteiger partial charge in [0.05, 0.1) is 26.5 Å². The SMILES string of the molecule is O=C(CSc1nc2ccc(NC(=O)c3ccccc3F)cc2s1)c1cccc([N+](=O)[O-])c1. The van der Waals surface area contributed by atoms with Crippen molar-refractivity contribution in [2.24, 2.45) is 0 Å². The lowest BCUT2D eigenvalue weighted by atomic mass is 10.1. The lowest BCUT2D eigenvalue weighted by Gasteiger charge is -2.05. The van der Waals surface area contributed by atoms with Crippen molar-refractivity contribution in [2.45, 2.75) is 4.34 Å². The molecule has 0 atom stereocenters. The fourth-order valence-electron chi connectivity index (χ4n) is 2.89. The van der Waals surface area contributed by atoms with Crippen LogP contribution in [0.5, 0.6) is 0 Å². The molecule has 10 heteroatoms. The highest BCUT2D eigenvalue weighted by Gasteiger charge is 2.15. The van der Waals surface area contributed by atoms with Crippen molar-refractivity contribution in [1.82, 2.24) is 4.98 Å². The minimum Gasteiger partial charge on any atom is -0.322 e. The molecule has 0 aliphatic rings. The number of nitrogens with zero attached hydrogens (tertiary/aromatic N) is 2. The molecular weight excluding hydrogens is 453 g/mol. The molecular formula is C22H14FN3O4S2. The first kappa shape index (κ1) is 21.6. The Bertz CT molecular complexity index is 1360. The van der Waals surface area contributed by atoms with E-state index in [-0.39, 0.29) is 28.4 Å². The van der Waals surface area contributed by atoms with Gasteiger partial charge in [-0.1, -0.05) is 36.0 Å². The number of thioether (sulfide) groups is 1. The largest absolute Gasteiger partial charge is 0.322 e. The van der Waals surface area contributed by atoms with Crippen LogP contribution in [0.1, 0.15) is 20.7 Å². The first-order valence-electron chi connectivity index (χ1n) is 9.27. The number of hydrogen-bond acceptors (Lipinski definition) is 7. The molecule has 1 amide bonds. The van der Waals surface area contributed by atoms with E-state index in [1.165, 1.54) is 59.5 Å². The molecule has 7 nitrogen and oxygen atoms in total. The smallest absolute Gasteiger partial charge is 0.270 e. The zero-order chi connectivity index (χ0) is 22.7. The fourth-order valence-corrected chi connectivity index (χ4v) is 4.89. The third kappa shape index (κ3) is 4.82. The highest BCUT2D eigenvalue weighted by Crippen LogP contribution is 2.32. The quantitative estimate of drug-likeness (QED) is 0.165. The van der Waals surface area contributed by atoms with Gasteiger partial charge < -0.3 is 5.32 Å². The molecule has 3 aromatic carbocycles. The molecule has 0 radical (unpaired) electrons. The summed E-state index contributed by atoms with van der Waals surface area (Å²) in [4.78, 5) is 39.5. The van der Waals surface area contributed by atoms with Gasteiger partial charge in [-0.05, 0) is 30.3 Å². The number of carbonyl (C=O) groups is 2. The Morgan fingerprint density at radius 3 is 2.69 bits per heavy atom. The summed E-state index contributed by atoms with van der Waals surface area (Å²) >= 11 is 2.58. The van der Waals surface area contributed by atoms with Crippen LogP contribution < -0.4 is 5.32 Å². The number of carbonyl (C=O) groups excluding carboxylic acids is 2. The second-order valence-corrected chi connectivity index (χ2v) is 8.87. The number of nitro benzene ring substituents is 1. The summed E-state index contributed by atoms with van der Waals surface area (Å²) in [5.41, 5.74) is 1.28. The van der Waals surface area contributed by atoms with Crippen LogP contribution in [0.3, 0.4) is 0 Å². The highest BCUT2D eigenvalue weighted by molar-refractivity contribution is 8.01. The number of benzene rings is 3. The Balaban J connectivity index is 1.44. The normalized spacial score (nSPS) is 10.8. The average Bonchev–Trinajstić information content (AvgIpc) is 3.20. The Morgan fingerprint density at radius 2 is 1.91 bits per heavy atom. The van der Waals surface area contributed by atoms with E-state index < -0.39 is 16.6 Å². The molecule has 1 aromatic heterocycles. The molecule has 1 heterocycles. The molecule has 0 spiro atoms. The molecule has 4 aromatic rings. The molecule has 1 N–H and O–H groups in total. The number of thiazole rings is 1. The standard InChI is InChI=1S/C22H14FN3O4S2/c23-17-7-2-1-6-16(17)21(28)24-14-8-9-18-20(11-14)32-22(25-18)31-12-19(27)13-4-3-5-15(10-13)26(29)30/h1-11H,12H2,(H,24,28). The van der Waals surface area contributed by atoms with Crippen LogP contribution in [-0.4, -0.2) is 27.4 Å². The summed E-state index contributed by atoms with van der Waals surface area (Å²) in [6.45, 7) is 0. The van der Waals surface area contributed by atoms with Crippen LogP contribution in [0.25, 0.3) is 10.2 Å². The minimum absolute atomic E-state index is 0.0483. The molecule has 0 aliphatic carbocycles. The zero-order valence-electron chi connectivity index (χ0n) is 16.3. The Morgan fingerprint density at radius 1 is 1.09 bits per heavy atom. The summed E-state index contributed by atoms with van der Waals surface area (Å²) < 4.78 is 15.2. The predicted molar refractivity (Wildman–Crippen MR) is 122 cm³/mol. The van der Waals surface area contributed by atoms with Crippen LogP contribution in [-0.2, 0) is 0 Å². The molecule has 4 rings (SSSR count). The number of nitrogens with one attached hydrogen (secondary N) is 1. The predicted octanol–water partition coefficient (Wildman–Crippen LogP) is 5.57. The molecule has 0 saturated carbocycles. The van der Waals surface area contributed by atoms with Gasteiger partial charge in [-0.3, -0.25) is 19.7 Å². The van der Waals surface area contributed by atoms with Gasteiger partial charge in [-0.25, -0.2) is 9.37 Å².